The van der Waals surface area contributed by atoms with Crippen LogP contribution in [-0.2, 0) is 0 Å². The van der Waals surface area contributed by atoms with Crippen LogP contribution in [0.5, 0.6) is 0 Å². The number of nitrogens with zero attached hydrogens (tertiary/aromatic N) is 3. The van der Waals surface area contributed by atoms with Crippen LogP contribution in [0.3, 0.4) is 0 Å². The van der Waals surface area contributed by atoms with Crippen LogP contribution < -0.4 is 0 Å². The highest BCUT2D eigenvalue weighted by molar-refractivity contribution is 6.06. The number of benzene rings is 7. The summed E-state index contributed by atoms with van der Waals surface area (Å²) in [6.07, 6.45) is 0. The Bertz CT molecular complexity index is 2880. The maximum absolute atomic E-state index is 5.61. The molecule has 0 atom stereocenters. The summed E-state index contributed by atoms with van der Waals surface area (Å²) in [6.45, 7) is 0. The topological polar surface area (TPSA) is 38.7 Å². The van der Waals surface area contributed by atoms with Crippen LogP contribution in [0.15, 0.2) is 212 Å². The Morgan fingerprint density at radius 3 is 1.05 bits per heavy atom. The van der Waals surface area contributed by atoms with Crippen molar-refractivity contribution in [1.82, 2.24) is 15.0 Å². The minimum absolute atomic E-state index is 0.889. The predicted octanol–water partition coefficient (Wildman–Crippen LogP) is 13.8. The van der Waals surface area contributed by atoms with E-state index >= 15 is 0 Å². The van der Waals surface area contributed by atoms with Crippen molar-refractivity contribution in [1.29, 1.82) is 0 Å². The molecule has 0 fully saturated rings. The second-order valence-electron chi connectivity index (χ2n) is 13.9. The third kappa shape index (κ3) is 6.12. The first-order valence-corrected chi connectivity index (χ1v) is 18.9. The first kappa shape index (κ1) is 33.1. The van der Waals surface area contributed by atoms with Crippen molar-refractivity contribution in [2.45, 2.75) is 0 Å². The lowest BCUT2D eigenvalue weighted by Crippen LogP contribution is -2.01. The number of pyridine rings is 3. The van der Waals surface area contributed by atoms with E-state index in [1.165, 1.54) is 0 Å². The van der Waals surface area contributed by atoms with Gasteiger partial charge in [-0.3, -0.25) is 0 Å². The van der Waals surface area contributed by atoms with Crippen molar-refractivity contribution < 1.29 is 0 Å². The van der Waals surface area contributed by atoms with E-state index in [-0.39, 0.29) is 0 Å². The molecule has 0 aliphatic carbocycles. The largest absolute Gasteiger partial charge is 0.246 e. The van der Waals surface area contributed by atoms with Gasteiger partial charge in [0.1, 0.15) is 0 Å². The summed E-state index contributed by atoms with van der Waals surface area (Å²) in [6, 6.07) is 74.4. The van der Waals surface area contributed by atoms with Crippen LogP contribution in [0.25, 0.3) is 100 Å². The molecule has 3 nitrogen and oxygen atoms in total. The fraction of sp³-hybridized carbons (Fsp3) is 0. The van der Waals surface area contributed by atoms with Gasteiger partial charge in [-0.15, -0.1) is 0 Å². The molecule has 0 bridgehead atoms. The third-order valence-electron chi connectivity index (χ3n) is 10.5. The average Bonchev–Trinajstić information content (AvgIpc) is 3.29. The Balaban J connectivity index is 1.25. The van der Waals surface area contributed by atoms with Crippen molar-refractivity contribution in [2.24, 2.45) is 0 Å². The Hall–Kier alpha value is -7.49. The van der Waals surface area contributed by atoms with E-state index in [0.717, 1.165) is 100 Å². The number of hydrogen-bond acceptors (Lipinski definition) is 3. The molecule has 10 rings (SSSR count). The summed E-state index contributed by atoms with van der Waals surface area (Å²) in [7, 11) is 0. The van der Waals surface area contributed by atoms with Crippen molar-refractivity contribution in [3.63, 3.8) is 0 Å². The molecule has 0 unspecified atom stereocenters. The lowest BCUT2D eigenvalue weighted by molar-refractivity contribution is 1.32. The van der Waals surface area contributed by atoms with E-state index in [2.05, 4.69) is 206 Å². The molecule has 0 amide bonds. The van der Waals surface area contributed by atoms with E-state index in [1.807, 2.05) is 6.07 Å². The first-order valence-electron chi connectivity index (χ1n) is 18.9. The molecular formula is C53H35N3. The molecule has 3 heteroatoms. The minimum atomic E-state index is 0.889. The Labute approximate surface area is 326 Å². The maximum atomic E-state index is 5.61. The van der Waals surface area contributed by atoms with Crippen LogP contribution in [0.4, 0.5) is 0 Å². The summed E-state index contributed by atoms with van der Waals surface area (Å²) < 4.78 is 0. The van der Waals surface area contributed by atoms with Gasteiger partial charge in [-0.05, 0) is 34.9 Å². The molecule has 0 radical (unpaired) electrons. The second kappa shape index (κ2) is 14.4. The molecule has 262 valence electrons. The predicted molar refractivity (Wildman–Crippen MR) is 233 cm³/mol. The zero-order valence-electron chi connectivity index (χ0n) is 30.5. The number of aromatic nitrogens is 3. The summed E-state index contributed by atoms with van der Waals surface area (Å²) in [5.41, 5.74) is 16.3. The SMILES string of the molecule is c1ccc(-c2ccc3ccc4ccc(-c5cccc(-c6c(-c7ccccc7)c(-c7ccccc7)nc(-c7ccccc7)c6-c6ccccc6)c5)nc4c3n2)cc1. The normalized spacial score (nSPS) is 11.2. The summed E-state index contributed by atoms with van der Waals surface area (Å²) in [4.78, 5) is 16.1. The summed E-state index contributed by atoms with van der Waals surface area (Å²) in [5, 5.41) is 2.12. The van der Waals surface area contributed by atoms with Crippen molar-refractivity contribution >= 4 is 21.8 Å². The highest BCUT2D eigenvalue weighted by atomic mass is 14.8. The molecule has 0 aliphatic heterocycles. The van der Waals surface area contributed by atoms with Gasteiger partial charge in [0.05, 0.1) is 33.8 Å². The zero-order chi connectivity index (χ0) is 37.3. The van der Waals surface area contributed by atoms with Gasteiger partial charge in [0.15, 0.2) is 0 Å². The smallest absolute Gasteiger partial charge is 0.0972 e. The van der Waals surface area contributed by atoms with Gasteiger partial charge in [0.25, 0.3) is 0 Å². The number of rotatable bonds is 7. The van der Waals surface area contributed by atoms with Crippen LogP contribution in [0.1, 0.15) is 0 Å². The van der Waals surface area contributed by atoms with Gasteiger partial charge < -0.3 is 0 Å². The van der Waals surface area contributed by atoms with Gasteiger partial charge in [0.2, 0.25) is 0 Å². The molecule has 3 heterocycles. The molecule has 0 saturated carbocycles. The molecule has 10 aromatic rings. The highest BCUT2D eigenvalue weighted by Gasteiger charge is 2.25. The van der Waals surface area contributed by atoms with Gasteiger partial charge in [-0.2, -0.15) is 0 Å². The van der Waals surface area contributed by atoms with E-state index < -0.39 is 0 Å². The van der Waals surface area contributed by atoms with E-state index in [9.17, 15) is 0 Å². The Kier molecular flexibility index (Phi) is 8.51. The molecule has 0 saturated heterocycles. The molecular weight excluding hydrogens is 679 g/mol. The maximum Gasteiger partial charge on any atom is 0.0972 e. The third-order valence-corrected chi connectivity index (χ3v) is 10.5. The number of fused-ring (bicyclic) bond motifs is 3. The Morgan fingerprint density at radius 1 is 0.232 bits per heavy atom. The second-order valence-corrected chi connectivity index (χ2v) is 13.9. The van der Waals surface area contributed by atoms with Crippen molar-refractivity contribution in [2.75, 3.05) is 0 Å². The van der Waals surface area contributed by atoms with Gasteiger partial charge >= 0.3 is 0 Å². The van der Waals surface area contributed by atoms with E-state index in [0.29, 0.717) is 0 Å². The molecule has 7 aromatic carbocycles. The standard InChI is InChI=1S/C53H35N3/c1-6-17-36(18-7-1)45-33-31-41-29-30-42-32-34-46(55-53(42)52(41)54-45)43-27-16-28-44(35-43)47-48(37-19-8-2-9-20-37)50(39-23-12-4-13-24-39)56-51(40-25-14-5-15-26-40)49(47)38-21-10-3-11-22-38/h1-35H. The van der Waals surface area contributed by atoms with Gasteiger partial charge in [-0.25, -0.2) is 15.0 Å². The van der Waals surface area contributed by atoms with Crippen LogP contribution in [0.2, 0.25) is 0 Å². The molecule has 0 N–H and O–H groups in total. The minimum Gasteiger partial charge on any atom is -0.246 e. The van der Waals surface area contributed by atoms with E-state index in [4.69, 9.17) is 15.0 Å². The Morgan fingerprint density at radius 2 is 0.589 bits per heavy atom. The molecule has 3 aromatic heterocycles. The van der Waals surface area contributed by atoms with Crippen LogP contribution in [0, 0.1) is 0 Å². The fourth-order valence-corrected chi connectivity index (χ4v) is 7.79. The van der Waals surface area contributed by atoms with Crippen LogP contribution >= 0.6 is 0 Å². The molecule has 56 heavy (non-hydrogen) atoms. The van der Waals surface area contributed by atoms with Crippen molar-refractivity contribution in [3.05, 3.63) is 212 Å². The van der Waals surface area contributed by atoms with Crippen molar-refractivity contribution in [3.8, 4) is 78.4 Å². The lowest BCUT2D eigenvalue weighted by Gasteiger charge is -2.23. The summed E-state index contributed by atoms with van der Waals surface area (Å²) >= 11 is 0. The summed E-state index contributed by atoms with van der Waals surface area (Å²) in [5.74, 6) is 0. The zero-order valence-corrected chi connectivity index (χ0v) is 30.5. The molecule has 0 aliphatic rings. The average molecular weight is 714 g/mol. The molecule has 0 spiro atoms. The highest BCUT2D eigenvalue weighted by Crippen LogP contribution is 2.49. The van der Waals surface area contributed by atoms with Gasteiger partial charge in [-0.1, -0.05) is 194 Å². The fourth-order valence-electron chi connectivity index (χ4n) is 7.79. The van der Waals surface area contributed by atoms with Gasteiger partial charge in [0, 0.05) is 49.7 Å². The first-order chi connectivity index (χ1) is 27.8. The quantitative estimate of drug-likeness (QED) is 0.154. The lowest BCUT2D eigenvalue weighted by atomic mass is 9.83. The monoisotopic (exact) mass is 713 g/mol. The van der Waals surface area contributed by atoms with Crippen LogP contribution in [-0.4, -0.2) is 15.0 Å². The number of hydrogen-bond donors (Lipinski definition) is 0. The van der Waals surface area contributed by atoms with E-state index in [1.54, 1.807) is 0 Å².